The number of nitrogens with zero attached hydrogens (tertiary/aromatic N) is 4. The third-order valence-corrected chi connectivity index (χ3v) is 8.22. The van der Waals surface area contributed by atoms with Gasteiger partial charge in [0.05, 0.1) is 16.0 Å². The molecule has 3 aromatic carbocycles. The van der Waals surface area contributed by atoms with E-state index in [9.17, 15) is 4.79 Å². The van der Waals surface area contributed by atoms with Gasteiger partial charge in [0.2, 0.25) is 5.91 Å². The topological polar surface area (TPSA) is 81.9 Å². The average Bonchev–Trinajstić information content (AvgIpc) is 3.49. The largest absolute Gasteiger partial charge is 0.486 e. The molecule has 2 aromatic heterocycles. The fraction of sp³-hybridized carbons (Fsp3) is 0.241. The first kappa shape index (κ1) is 25.9. The van der Waals surface area contributed by atoms with Gasteiger partial charge < -0.3 is 14.6 Å². The first-order valence-electron chi connectivity index (χ1n) is 12.4. The van der Waals surface area contributed by atoms with Crippen molar-refractivity contribution >= 4 is 44.9 Å². The van der Waals surface area contributed by atoms with E-state index < -0.39 is 0 Å². The van der Waals surface area contributed by atoms with Crippen molar-refractivity contribution in [3.8, 4) is 16.3 Å². The van der Waals surface area contributed by atoms with Crippen LogP contribution in [0.1, 0.15) is 36.7 Å². The van der Waals surface area contributed by atoms with Gasteiger partial charge in [0, 0.05) is 18.3 Å². The molecule has 5 aromatic rings. The summed E-state index contributed by atoms with van der Waals surface area (Å²) in [4.78, 5) is 17.3. The van der Waals surface area contributed by atoms with Crippen LogP contribution in [0.4, 0.5) is 5.69 Å². The van der Waals surface area contributed by atoms with Crippen LogP contribution >= 0.6 is 23.1 Å². The first-order chi connectivity index (χ1) is 18.4. The Kier molecular flexibility index (Phi) is 7.76. The molecular formula is C29H29N5O2S2. The molecule has 2 heterocycles. The van der Waals surface area contributed by atoms with E-state index in [4.69, 9.17) is 9.72 Å². The molecule has 0 aliphatic heterocycles. The number of thioether (sulfide) groups is 1. The van der Waals surface area contributed by atoms with E-state index in [0.29, 0.717) is 23.5 Å². The zero-order chi connectivity index (χ0) is 26.6. The minimum absolute atomic E-state index is 0.107. The van der Waals surface area contributed by atoms with E-state index in [0.717, 1.165) is 27.5 Å². The highest BCUT2D eigenvalue weighted by molar-refractivity contribution is 7.99. The van der Waals surface area contributed by atoms with Crippen molar-refractivity contribution in [1.29, 1.82) is 0 Å². The van der Waals surface area contributed by atoms with E-state index >= 15 is 0 Å². The molecule has 194 valence electrons. The summed E-state index contributed by atoms with van der Waals surface area (Å²) in [5.41, 5.74) is 5.27. The Hall–Kier alpha value is -3.69. The molecule has 0 fully saturated rings. The Morgan fingerprint density at radius 2 is 1.82 bits per heavy atom. The molecule has 7 nitrogen and oxygen atoms in total. The van der Waals surface area contributed by atoms with Crippen LogP contribution in [0.2, 0.25) is 0 Å². The van der Waals surface area contributed by atoms with Gasteiger partial charge in [-0.1, -0.05) is 43.8 Å². The Morgan fingerprint density at radius 1 is 1.05 bits per heavy atom. The number of fused-ring (bicyclic) bond motifs is 1. The molecule has 0 aliphatic rings. The van der Waals surface area contributed by atoms with Crippen LogP contribution < -0.4 is 10.1 Å². The number of hydrogen-bond acceptors (Lipinski definition) is 7. The summed E-state index contributed by atoms with van der Waals surface area (Å²) < 4.78 is 8.90. The maximum absolute atomic E-state index is 12.6. The zero-order valence-corrected chi connectivity index (χ0v) is 23.4. The number of nitrogens with one attached hydrogen (secondary N) is 1. The smallest absolute Gasteiger partial charge is 0.234 e. The van der Waals surface area contributed by atoms with E-state index in [1.807, 2.05) is 48.0 Å². The molecular weight excluding hydrogens is 514 g/mol. The van der Waals surface area contributed by atoms with Crippen LogP contribution in [0.3, 0.4) is 0 Å². The number of carbonyl (C=O) groups is 1. The van der Waals surface area contributed by atoms with E-state index in [2.05, 4.69) is 66.6 Å². The molecule has 0 bridgehead atoms. The van der Waals surface area contributed by atoms with Gasteiger partial charge in [0.25, 0.3) is 0 Å². The number of amides is 1. The Labute approximate surface area is 230 Å². The number of aryl methyl sites for hydroxylation is 1. The van der Waals surface area contributed by atoms with Gasteiger partial charge in [0.1, 0.15) is 17.4 Å². The van der Waals surface area contributed by atoms with Crippen LogP contribution in [0.5, 0.6) is 5.75 Å². The monoisotopic (exact) mass is 543 g/mol. The second-order valence-corrected chi connectivity index (χ2v) is 11.3. The molecule has 0 saturated heterocycles. The number of benzene rings is 3. The zero-order valence-electron chi connectivity index (χ0n) is 21.8. The van der Waals surface area contributed by atoms with Gasteiger partial charge >= 0.3 is 0 Å². The number of anilines is 1. The quantitative estimate of drug-likeness (QED) is 0.205. The predicted octanol–water partition coefficient (Wildman–Crippen LogP) is 6.83. The molecule has 0 saturated carbocycles. The lowest BCUT2D eigenvalue weighted by molar-refractivity contribution is -0.113. The minimum Gasteiger partial charge on any atom is -0.486 e. The van der Waals surface area contributed by atoms with Crippen molar-refractivity contribution in [3.63, 3.8) is 0 Å². The van der Waals surface area contributed by atoms with Crippen LogP contribution in [0.25, 0.3) is 20.8 Å². The van der Waals surface area contributed by atoms with Crippen molar-refractivity contribution < 1.29 is 9.53 Å². The summed E-state index contributed by atoms with van der Waals surface area (Å²) >= 11 is 3.01. The third kappa shape index (κ3) is 6.06. The van der Waals surface area contributed by atoms with Crippen molar-refractivity contribution in [2.75, 3.05) is 11.1 Å². The molecule has 1 amide bonds. The molecule has 0 unspecified atom stereocenters. The number of thiazole rings is 1. The van der Waals surface area contributed by atoms with Crippen LogP contribution in [-0.2, 0) is 18.4 Å². The van der Waals surface area contributed by atoms with Gasteiger partial charge in [-0.05, 0) is 72.5 Å². The molecule has 0 radical (unpaired) electrons. The molecule has 0 aliphatic carbocycles. The lowest BCUT2D eigenvalue weighted by Crippen LogP contribution is -2.14. The molecule has 9 heteroatoms. The normalized spacial score (nSPS) is 11.3. The fourth-order valence-corrected chi connectivity index (χ4v) is 5.67. The second kappa shape index (κ2) is 11.4. The average molecular weight is 544 g/mol. The number of rotatable bonds is 9. The van der Waals surface area contributed by atoms with Crippen molar-refractivity contribution in [2.24, 2.45) is 7.05 Å². The third-order valence-electron chi connectivity index (χ3n) is 6.13. The number of hydrogen-bond donors (Lipinski definition) is 1. The van der Waals surface area contributed by atoms with Crippen LogP contribution in [-0.4, -0.2) is 31.4 Å². The maximum Gasteiger partial charge on any atom is 0.234 e. The predicted molar refractivity (Wildman–Crippen MR) is 155 cm³/mol. The Balaban J connectivity index is 1.13. The molecule has 1 N–H and O–H groups in total. The van der Waals surface area contributed by atoms with Gasteiger partial charge in [-0.2, -0.15) is 0 Å². The van der Waals surface area contributed by atoms with Gasteiger partial charge in [-0.25, -0.2) is 4.98 Å². The van der Waals surface area contributed by atoms with Gasteiger partial charge in [0.15, 0.2) is 11.0 Å². The number of aromatic nitrogens is 4. The van der Waals surface area contributed by atoms with Gasteiger partial charge in [-0.15, -0.1) is 21.5 Å². The minimum atomic E-state index is -0.107. The van der Waals surface area contributed by atoms with Crippen molar-refractivity contribution in [3.05, 3.63) is 83.7 Å². The molecule has 0 spiro atoms. The SMILES string of the molecule is Cc1ccc2nc(-c3ccc(NC(=O)CSc4nnc(COc5ccc(C(C)C)cc5)n4C)cc3)sc2c1. The fourth-order valence-electron chi connectivity index (χ4n) is 3.87. The summed E-state index contributed by atoms with van der Waals surface area (Å²) in [5, 5.41) is 13.0. The number of carbonyl (C=O) groups excluding carboxylic acids is 1. The maximum atomic E-state index is 12.6. The van der Waals surface area contributed by atoms with Gasteiger partial charge in [-0.3, -0.25) is 4.79 Å². The second-order valence-electron chi connectivity index (χ2n) is 9.37. The van der Waals surface area contributed by atoms with E-state index in [1.165, 1.54) is 27.6 Å². The summed E-state index contributed by atoms with van der Waals surface area (Å²) in [5.74, 6) is 2.08. The van der Waals surface area contributed by atoms with Crippen molar-refractivity contribution in [1.82, 2.24) is 19.7 Å². The van der Waals surface area contributed by atoms with Crippen LogP contribution in [0, 0.1) is 6.92 Å². The molecule has 38 heavy (non-hydrogen) atoms. The van der Waals surface area contributed by atoms with E-state index in [-0.39, 0.29) is 11.7 Å². The highest BCUT2D eigenvalue weighted by Gasteiger charge is 2.13. The Bertz CT molecular complexity index is 1560. The highest BCUT2D eigenvalue weighted by Crippen LogP contribution is 2.31. The van der Waals surface area contributed by atoms with Crippen LogP contribution in [0.15, 0.2) is 71.9 Å². The first-order valence-corrected chi connectivity index (χ1v) is 14.2. The summed E-state index contributed by atoms with van der Waals surface area (Å²) in [6.45, 7) is 6.71. The summed E-state index contributed by atoms with van der Waals surface area (Å²) in [6, 6.07) is 22.1. The lowest BCUT2D eigenvalue weighted by Gasteiger charge is -2.09. The van der Waals surface area contributed by atoms with E-state index in [1.54, 1.807) is 11.3 Å². The summed E-state index contributed by atoms with van der Waals surface area (Å²) in [6.07, 6.45) is 0. The summed E-state index contributed by atoms with van der Waals surface area (Å²) in [7, 11) is 1.88. The number of ether oxygens (including phenoxy) is 1. The Morgan fingerprint density at radius 3 is 2.55 bits per heavy atom. The standard InChI is InChI=1S/C29H29N5O2S2/c1-18(2)20-8-12-23(13-9-20)36-16-26-32-33-29(34(26)4)37-17-27(35)30-22-10-6-21(7-11-22)28-31-24-14-5-19(3)15-25(24)38-28/h5-15,18H,16-17H2,1-4H3,(H,30,35). The molecule has 5 rings (SSSR count). The highest BCUT2D eigenvalue weighted by atomic mass is 32.2. The molecule has 0 atom stereocenters. The van der Waals surface area contributed by atoms with Crippen molar-refractivity contribution in [2.45, 2.75) is 38.5 Å². The lowest BCUT2D eigenvalue weighted by atomic mass is 10.0.